The molecule has 1 aromatic heterocycles. The van der Waals surface area contributed by atoms with Crippen molar-refractivity contribution in [2.75, 3.05) is 6.61 Å². The maximum absolute atomic E-state index is 13.9. The summed E-state index contributed by atoms with van der Waals surface area (Å²) in [4.78, 5) is 11.4. The van der Waals surface area contributed by atoms with E-state index in [1.54, 1.807) is 30.2 Å². The van der Waals surface area contributed by atoms with Gasteiger partial charge in [0.25, 0.3) is 0 Å². The van der Waals surface area contributed by atoms with Crippen LogP contribution in [0.2, 0.25) is 0 Å². The summed E-state index contributed by atoms with van der Waals surface area (Å²) in [6.07, 6.45) is 3.28. The van der Waals surface area contributed by atoms with Gasteiger partial charge in [-0.25, -0.2) is 4.39 Å². The number of carbonyl (C=O) groups is 1. The highest BCUT2D eigenvalue weighted by Gasteiger charge is 2.24. The van der Waals surface area contributed by atoms with Crippen LogP contribution in [-0.2, 0) is 7.05 Å². The molecule has 4 nitrogen and oxygen atoms in total. The molecule has 0 fully saturated rings. The number of fused-ring (bicyclic) bond motifs is 1. The van der Waals surface area contributed by atoms with Gasteiger partial charge in [-0.2, -0.15) is 5.10 Å². The quantitative estimate of drug-likeness (QED) is 0.753. The molecule has 2 heterocycles. The summed E-state index contributed by atoms with van der Waals surface area (Å²) < 4.78 is 20.7. The van der Waals surface area contributed by atoms with Gasteiger partial charge < -0.3 is 4.74 Å². The van der Waals surface area contributed by atoms with Crippen molar-refractivity contribution < 1.29 is 13.9 Å². The van der Waals surface area contributed by atoms with Crippen molar-refractivity contribution in [2.24, 2.45) is 7.05 Å². The standard InChI is InChI=1S/C12H9FN2O2/c1-15-5-7(4-14-15)8-3-12-9(2-10(8)13)11(16)6-17-12/h2-5H,6H2,1H3. The monoisotopic (exact) mass is 232 g/mol. The van der Waals surface area contributed by atoms with Crippen molar-refractivity contribution in [1.82, 2.24) is 9.78 Å². The lowest BCUT2D eigenvalue weighted by Crippen LogP contribution is -1.99. The highest BCUT2D eigenvalue weighted by atomic mass is 19.1. The van der Waals surface area contributed by atoms with Gasteiger partial charge in [-0.05, 0) is 12.1 Å². The van der Waals surface area contributed by atoms with E-state index in [0.29, 0.717) is 22.4 Å². The zero-order valence-corrected chi connectivity index (χ0v) is 9.11. The van der Waals surface area contributed by atoms with E-state index >= 15 is 0 Å². The lowest BCUT2D eigenvalue weighted by Gasteiger charge is -2.03. The van der Waals surface area contributed by atoms with E-state index in [1.807, 2.05) is 0 Å². The fourth-order valence-corrected chi connectivity index (χ4v) is 1.89. The van der Waals surface area contributed by atoms with Gasteiger partial charge in [0.2, 0.25) is 5.78 Å². The van der Waals surface area contributed by atoms with Gasteiger partial charge in [0.05, 0.1) is 11.8 Å². The molecule has 3 rings (SSSR count). The first-order valence-electron chi connectivity index (χ1n) is 5.14. The van der Waals surface area contributed by atoms with Crippen molar-refractivity contribution in [2.45, 2.75) is 0 Å². The molecule has 0 saturated heterocycles. The third-order valence-corrected chi connectivity index (χ3v) is 2.74. The summed E-state index contributed by atoms with van der Waals surface area (Å²) in [5, 5.41) is 3.98. The number of Topliss-reactive ketones (excluding diaryl/α,β-unsaturated/α-hetero) is 1. The third-order valence-electron chi connectivity index (χ3n) is 2.74. The number of hydrogen-bond donors (Lipinski definition) is 0. The van der Waals surface area contributed by atoms with Crippen LogP contribution in [0, 0.1) is 5.82 Å². The van der Waals surface area contributed by atoms with Crippen LogP contribution in [-0.4, -0.2) is 22.2 Å². The normalized spacial score (nSPS) is 13.6. The Morgan fingerprint density at radius 1 is 1.41 bits per heavy atom. The van der Waals surface area contributed by atoms with Crippen LogP contribution >= 0.6 is 0 Å². The molecule has 2 aromatic rings. The van der Waals surface area contributed by atoms with Gasteiger partial charge in [-0.15, -0.1) is 0 Å². The molecule has 0 unspecified atom stereocenters. The van der Waals surface area contributed by atoms with Gasteiger partial charge >= 0.3 is 0 Å². The molecule has 0 bridgehead atoms. The molecule has 17 heavy (non-hydrogen) atoms. The van der Waals surface area contributed by atoms with Gasteiger partial charge in [-0.1, -0.05) is 0 Å². The van der Waals surface area contributed by atoms with Crippen LogP contribution in [0.25, 0.3) is 11.1 Å². The molecule has 0 amide bonds. The Balaban J connectivity index is 2.16. The summed E-state index contributed by atoms with van der Waals surface area (Å²) in [6, 6.07) is 2.78. The first-order chi connectivity index (χ1) is 8.15. The lowest BCUT2D eigenvalue weighted by atomic mass is 10.0. The molecule has 0 atom stereocenters. The van der Waals surface area contributed by atoms with Crippen molar-refractivity contribution in [3.8, 4) is 16.9 Å². The number of hydrogen-bond acceptors (Lipinski definition) is 3. The van der Waals surface area contributed by atoms with Crippen LogP contribution in [0.15, 0.2) is 24.5 Å². The van der Waals surface area contributed by atoms with E-state index in [1.165, 1.54) is 6.07 Å². The third kappa shape index (κ3) is 1.51. The fourth-order valence-electron chi connectivity index (χ4n) is 1.89. The summed E-state index contributed by atoms with van der Waals surface area (Å²) in [7, 11) is 1.76. The second kappa shape index (κ2) is 3.41. The van der Waals surface area contributed by atoms with Crippen molar-refractivity contribution in [1.29, 1.82) is 0 Å². The van der Waals surface area contributed by atoms with E-state index < -0.39 is 5.82 Å². The zero-order valence-electron chi connectivity index (χ0n) is 9.11. The Morgan fingerprint density at radius 3 is 2.94 bits per heavy atom. The Bertz CT molecular complexity index is 619. The van der Waals surface area contributed by atoms with Crippen LogP contribution < -0.4 is 4.74 Å². The highest BCUT2D eigenvalue weighted by Crippen LogP contribution is 2.33. The van der Waals surface area contributed by atoms with Crippen molar-refractivity contribution in [3.05, 3.63) is 35.9 Å². The molecular formula is C12H9FN2O2. The summed E-state index contributed by atoms with van der Waals surface area (Å²) in [5.74, 6) is -0.178. The van der Waals surface area contributed by atoms with E-state index in [0.717, 1.165) is 0 Å². The molecule has 1 aromatic carbocycles. The SMILES string of the molecule is Cn1cc(-c2cc3c(cc2F)C(=O)CO3)cn1. The van der Waals surface area contributed by atoms with Crippen LogP contribution in [0.3, 0.4) is 0 Å². The Labute approximate surface area is 96.6 Å². The van der Waals surface area contributed by atoms with E-state index in [2.05, 4.69) is 5.10 Å². The van der Waals surface area contributed by atoms with Crippen LogP contribution in [0.4, 0.5) is 4.39 Å². The van der Waals surface area contributed by atoms with Gasteiger partial charge in [0.1, 0.15) is 11.6 Å². The summed E-state index contributed by atoms with van der Waals surface area (Å²) in [6.45, 7) is -0.00866. The second-order valence-electron chi connectivity index (χ2n) is 3.94. The Morgan fingerprint density at radius 2 is 2.24 bits per heavy atom. The molecule has 0 spiro atoms. The number of halogens is 1. The molecule has 0 radical (unpaired) electrons. The molecule has 0 saturated carbocycles. The average molecular weight is 232 g/mol. The summed E-state index contributed by atoms with van der Waals surface area (Å²) in [5.41, 5.74) is 1.37. The second-order valence-corrected chi connectivity index (χ2v) is 3.94. The Kier molecular flexibility index (Phi) is 2.01. The highest BCUT2D eigenvalue weighted by molar-refractivity contribution is 6.02. The topological polar surface area (TPSA) is 44.1 Å². The molecular weight excluding hydrogens is 223 g/mol. The number of nitrogens with zero attached hydrogens (tertiary/aromatic N) is 2. The molecule has 0 aliphatic carbocycles. The number of carbonyl (C=O) groups excluding carboxylic acids is 1. The number of aromatic nitrogens is 2. The molecule has 86 valence electrons. The fraction of sp³-hybridized carbons (Fsp3) is 0.167. The van der Waals surface area contributed by atoms with Gasteiger partial charge in [0, 0.05) is 24.4 Å². The number of ketones is 1. The molecule has 1 aliphatic heterocycles. The number of ether oxygens (including phenoxy) is 1. The predicted octanol–water partition coefficient (Wildman–Crippen LogP) is 1.80. The minimum Gasteiger partial charge on any atom is -0.485 e. The van der Waals surface area contributed by atoms with Crippen LogP contribution in [0.1, 0.15) is 10.4 Å². The number of rotatable bonds is 1. The smallest absolute Gasteiger partial charge is 0.204 e. The molecule has 1 aliphatic rings. The van der Waals surface area contributed by atoms with E-state index in [-0.39, 0.29) is 12.4 Å². The minimum atomic E-state index is -0.435. The largest absolute Gasteiger partial charge is 0.485 e. The first kappa shape index (κ1) is 10.0. The lowest BCUT2D eigenvalue weighted by molar-refractivity contribution is 0.0961. The number of aryl methyl sites for hydroxylation is 1. The number of benzene rings is 1. The van der Waals surface area contributed by atoms with Gasteiger partial charge in [-0.3, -0.25) is 9.48 Å². The minimum absolute atomic E-state index is 0.00866. The summed E-state index contributed by atoms with van der Waals surface area (Å²) >= 11 is 0. The van der Waals surface area contributed by atoms with E-state index in [4.69, 9.17) is 4.74 Å². The molecule has 5 heteroatoms. The Hall–Kier alpha value is -2.17. The van der Waals surface area contributed by atoms with Crippen molar-refractivity contribution >= 4 is 5.78 Å². The molecule has 0 N–H and O–H groups in total. The van der Waals surface area contributed by atoms with Crippen LogP contribution in [0.5, 0.6) is 5.75 Å². The maximum Gasteiger partial charge on any atom is 0.204 e. The first-order valence-corrected chi connectivity index (χ1v) is 5.14. The maximum atomic E-state index is 13.9. The van der Waals surface area contributed by atoms with Gasteiger partial charge in [0.15, 0.2) is 6.61 Å². The predicted molar refractivity (Wildman–Crippen MR) is 58.4 cm³/mol. The van der Waals surface area contributed by atoms with Crippen molar-refractivity contribution in [3.63, 3.8) is 0 Å². The average Bonchev–Trinajstić information content (AvgIpc) is 2.86. The zero-order chi connectivity index (χ0) is 12.0. The van der Waals surface area contributed by atoms with E-state index in [9.17, 15) is 9.18 Å².